The van der Waals surface area contributed by atoms with Gasteiger partial charge in [0.2, 0.25) is 0 Å². The number of hydrogen-bond acceptors (Lipinski definition) is 3. The van der Waals surface area contributed by atoms with Crippen LogP contribution in [-0.2, 0) is 6.54 Å². The minimum Gasteiger partial charge on any atom is -0.315 e. The molecule has 142 valence electrons. The van der Waals surface area contributed by atoms with Crippen LogP contribution in [0.4, 0.5) is 0 Å². The van der Waals surface area contributed by atoms with Gasteiger partial charge in [-0.3, -0.25) is 4.90 Å². The Hall–Kier alpha value is -1.94. The molecule has 1 saturated heterocycles. The monoisotopic (exact) mass is 361 g/mol. The molecule has 4 rings (SSSR count). The standard InChI is InChI=1S/C24H31N3/c1-6-12-25-14-16-27(17-15-26-13-7-1)19-24-22-10-4-2-8-20(22)18-21-9-3-5-11-23(21)24/h2-5,8-11,18,25-26H,1,6-7,12-17,19H2. The van der Waals surface area contributed by atoms with Crippen LogP contribution in [0.5, 0.6) is 0 Å². The van der Waals surface area contributed by atoms with Crippen LogP contribution in [0.15, 0.2) is 54.6 Å². The number of rotatable bonds is 2. The summed E-state index contributed by atoms with van der Waals surface area (Å²) in [6.45, 7) is 7.63. The van der Waals surface area contributed by atoms with Gasteiger partial charge in [0.05, 0.1) is 0 Å². The predicted octanol–water partition coefficient (Wildman–Crippen LogP) is 4.16. The van der Waals surface area contributed by atoms with Crippen molar-refractivity contribution in [1.29, 1.82) is 0 Å². The molecule has 27 heavy (non-hydrogen) atoms. The zero-order chi connectivity index (χ0) is 18.3. The number of nitrogens with one attached hydrogen (secondary N) is 2. The van der Waals surface area contributed by atoms with Crippen molar-refractivity contribution in [1.82, 2.24) is 15.5 Å². The first kappa shape index (κ1) is 18.4. The molecule has 3 heteroatoms. The molecule has 1 aliphatic heterocycles. The van der Waals surface area contributed by atoms with Crippen molar-refractivity contribution < 1.29 is 0 Å². The van der Waals surface area contributed by atoms with Crippen molar-refractivity contribution in [3.05, 3.63) is 60.2 Å². The van der Waals surface area contributed by atoms with Gasteiger partial charge in [0.15, 0.2) is 0 Å². The second-order valence-corrected chi connectivity index (χ2v) is 7.63. The van der Waals surface area contributed by atoms with E-state index < -0.39 is 0 Å². The van der Waals surface area contributed by atoms with E-state index in [-0.39, 0.29) is 0 Å². The van der Waals surface area contributed by atoms with Crippen LogP contribution in [-0.4, -0.2) is 44.2 Å². The highest BCUT2D eigenvalue weighted by molar-refractivity contribution is 6.02. The lowest BCUT2D eigenvalue weighted by Crippen LogP contribution is -2.37. The first-order valence-corrected chi connectivity index (χ1v) is 10.4. The van der Waals surface area contributed by atoms with E-state index in [0.717, 1.165) is 45.8 Å². The van der Waals surface area contributed by atoms with E-state index in [4.69, 9.17) is 0 Å². The SMILES string of the molecule is c1ccc2c(CN3CCNCCCCCNCC3)c3ccccc3cc2c1. The molecular weight excluding hydrogens is 330 g/mol. The van der Waals surface area contributed by atoms with Crippen LogP contribution in [0.1, 0.15) is 24.8 Å². The van der Waals surface area contributed by atoms with Gasteiger partial charge < -0.3 is 10.6 Å². The van der Waals surface area contributed by atoms with Crippen molar-refractivity contribution in [2.24, 2.45) is 0 Å². The topological polar surface area (TPSA) is 27.3 Å². The summed E-state index contributed by atoms with van der Waals surface area (Å²) in [6.07, 6.45) is 3.90. The highest BCUT2D eigenvalue weighted by Gasteiger charge is 2.12. The molecule has 0 saturated carbocycles. The quantitative estimate of drug-likeness (QED) is 0.671. The maximum absolute atomic E-state index is 3.63. The normalized spacial score (nSPS) is 18.2. The largest absolute Gasteiger partial charge is 0.315 e. The Kier molecular flexibility index (Phi) is 6.36. The fraction of sp³-hybridized carbons (Fsp3) is 0.417. The van der Waals surface area contributed by atoms with Crippen LogP contribution in [0.3, 0.4) is 0 Å². The van der Waals surface area contributed by atoms with Crippen molar-refractivity contribution in [2.75, 3.05) is 39.3 Å². The van der Waals surface area contributed by atoms with E-state index in [0.29, 0.717) is 0 Å². The Morgan fingerprint density at radius 2 is 1.22 bits per heavy atom. The summed E-state index contributed by atoms with van der Waals surface area (Å²) >= 11 is 0. The van der Waals surface area contributed by atoms with E-state index in [2.05, 4.69) is 70.1 Å². The van der Waals surface area contributed by atoms with Gasteiger partial charge >= 0.3 is 0 Å². The van der Waals surface area contributed by atoms with E-state index in [1.165, 1.54) is 46.4 Å². The van der Waals surface area contributed by atoms with E-state index in [1.54, 1.807) is 0 Å². The Balaban J connectivity index is 1.62. The van der Waals surface area contributed by atoms with E-state index in [9.17, 15) is 0 Å². The number of nitrogens with zero attached hydrogens (tertiary/aromatic N) is 1. The van der Waals surface area contributed by atoms with Crippen molar-refractivity contribution in [3.63, 3.8) is 0 Å². The van der Waals surface area contributed by atoms with Gasteiger partial charge in [-0.25, -0.2) is 0 Å². The summed E-state index contributed by atoms with van der Waals surface area (Å²) < 4.78 is 0. The summed E-state index contributed by atoms with van der Waals surface area (Å²) in [6, 6.07) is 20.0. The predicted molar refractivity (Wildman–Crippen MR) is 116 cm³/mol. The molecule has 3 aromatic carbocycles. The maximum Gasteiger partial charge on any atom is 0.0247 e. The van der Waals surface area contributed by atoms with E-state index >= 15 is 0 Å². The van der Waals surface area contributed by atoms with Crippen LogP contribution < -0.4 is 10.6 Å². The first-order chi connectivity index (χ1) is 13.4. The summed E-state index contributed by atoms with van der Waals surface area (Å²) in [7, 11) is 0. The molecular formula is C24H31N3. The molecule has 3 nitrogen and oxygen atoms in total. The number of hydrogen-bond donors (Lipinski definition) is 2. The second kappa shape index (κ2) is 9.32. The summed E-state index contributed by atoms with van der Waals surface area (Å²) in [5.41, 5.74) is 1.47. The minimum atomic E-state index is 1.01. The van der Waals surface area contributed by atoms with Crippen molar-refractivity contribution in [2.45, 2.75) is 25.8 Å². The molecule has 2 N–H and O–H groups in total. The molecule has 1 fully saturated rings. The highest BCUT2D eigenvalue weighted by atomic mass is 15.1. The maximum atomic E-state index is 3.63. The fourth-order valence-corrected chi connectivity index (χ4v) is 4.17. The van der Waals surface area contributed by atoms with Gasteiger partial charge in [0.1, 0.15) is 0 Å². The Labute approximate surface area is 162 Å². The third-order valence-corrected chi connectivity index (χ3v) is 5.68. The smallest absolute Gasteiger partial charge is 0.0247 e. The zero-order valence-corrected chi connectivity index (χ0v) is 16.2. The molecule has 3 aromatic rings. The van der Waals surface area contributed by atoms with Gasteiger partial charge in [-0.05, 0) is 59.1 Å². The third kappa shape index (κ3) is 4.67. The average molecular weight is 362 g/mol. The van der Waals surface area contributed by atoms with Crippen LogP contribution in [0.2, 0.25) is 0 Å². The molecule has 1 aliphatic rings. The van der Waals surface area contributed by atoms with Crippen LogP contribution in [0, 0.1) is 0 Å². The molecule has 0 amide bonds. The molecule has 0 unspecified atom stereocenters. The zero-order valence-electron chi connectivity index (χ0n) is 16.2. The molecule has 0 radical (unpaired) electrons. The third-order valence-electron chi connectivity index (χ3n) is 5.68. The van der Waals surface area contributed by atoms with Gasteiger partial charge in [0.25, 0.3) is 0 Å². The minimum absolute atomic E-state index is 1.01. The molecule has 0 atom stereocenters. The molecule has 0 bridgehead atoms. The molecule has 0 aromatic heterocycles. The number of fused-ring (bicyclic) bond motifs is 2. The summed E-state index contributed by atoms with van der Waals surface area (Å²) in [5, 5.41) is 12.7. The van der Waals surface area contributed by atoms with Crippen LogP contribution >= 0.6 is 0 Å². The van der Waals surface area contributed by atoms with Crippen molar-refractivity contribution in [3.8, 4) is 0 Å². The first-order valence-electron chi connectivity index (χ1n) is 10.4. The molecule has 0 spiro atoms. The van der Waals surface area contributed by atoms with Gasteiger partial charge in [0, 0.05) is 32.7 Å². The molecule has 1 heterocycles. The van der Waals surface area contributed by atoms with E-state index in [1.807, 2.05) is 0 Å². The van der Waals surface area contributed by atoms with Gasteiger partial charge in [-0.1, -0.05) is 55.0 Å². The lowest BCUT2D eigenvalue weighted by molar-refractivity contribution is 0.264. The fourth-order valence-electron chi connectivity index (χ4n) is 4.17. The summed E-state index contributed by atoms with van der Waals surface area (Å²) in [4.78, 5) is 2.61. The summed E-state index contributed by atoms with van der Waals surface area (Å²) in [5.74, 6) is 0. The molecule has 0 aliphatic carbocycles. The lowest BCUT2D eigenvalue weighted by Gasteiger charge is -2.25. The van der Waals surface area contributed by atoms with Gasteiger partial charge in [-0.2, -0.15) is 0 Å². The Morgan fingerprint density at radius 3 is 1.81 bits per heavy atom. The van der Waals surface area contributed by atoms with Crippen molar-refractivity contribution >= 4 is 21.5 Å². The Bertz CT molecular complexity index is 808. The average Bonchev–Trinajstić information content (AvgIpc) is 2.69. The highest BCUT2D eigenvalue weighted by Crippen LogP contribution is 2.29. The second-order valence-electron chi connectivity index (χ2n) is 7.63. The number of benzene rings is 3. The lowest BCUT2D eigenvalue weighted by atomic mass is 9.96. The van der Waals surface area contributed by atoms with Crippen LogP contribution in [0.25, 0.3) is 21.5 Å². The Morgan fingerprint density at radius 1 is 0.667 bits per heavy atom. The van der Waals surface area contributed by atoms with Gasteiger partial charge in [-0.15, -0.1) is 0 Å².